The third kappa shape index (κ3) is 3.20. The van der Waals surface area contributed by atoms with Crippen molar-refractivity contribution in [2.45, 2.75) is 12.3 Å². The Balaban J connectivity index is 1.82. The summed E-state index contributed by atoms with van der Waals surface area (Å²) in [6, 6.07) is 12.4. The van der Waals surface area contributed by atoms with Crippen LogP contribution in [0.5, 0.6) is 5.75 Å². The molecule has 4 rings (SSSR count). The first-order valence-corrected chi connectivity index (χ1v) is 9.14. The SMILES string of the molecule is COCOc1cc2c(cc1Cl)CCN(C)CC2c1ccc2cccoc1-2. The van der Waals surface area contributed by atoms with E-state index in [1.54, 1.807) is 13.4 Å². The van der Waals surface area contributed by atoms with Gasteiger partial charge >= 0.3 is 0 Å². The highest BCUT2D eigenvalue weighted by Gasteiger charge is 2.28. The van der Waals surface area contributed by atoms with Crippen LogP contribution in [0, 0.1) is 0 Å². The summed E-state index contributed by atoms with van der Waals surface area (Å²) in [6.07, 6.45) is 2.70. The zero-order valence-electron chi connectivity index (χ0n) is 15.0. The summed E-state index contributed by atoms with van der Waals surface area (Å²) in [5.74, 6) is 1.81. The fourth-order valence-corrected chi connectivity index (χ4v) is 3.99. The number of hydrogen-bond donors (Lipinski definition) is 0. The summed E-state index contributed by atoms with van der Waals surface area (Å²) in [4.78, 5) is 2.36. The maximum absolute atomic E-state index is 6.44. The lowest BCUT2D eigenvalue weighted by Crippen LogP contribution is -2.24. The minimum absolute atomic E-state index is 0.178. The lowest BCUT2D eigenvalue weighted by Gasteiger charge is -2.22. The van der Waals surface area contributed by atoms with Crippen LogP contribution in [0.2, 0.25) is 5.02 Å². The molecule has 0 amide bonds. The predicted molar refractivity (Wildman–Crippen MR) is 102 cm³/mol. The van der Waals surface area contributed by atoms with Crippen molar-refractivity contribution in [2.75, 3.05) is 34.0 Å². The lowest BCUT2D eigenvalue weighted by molar-refractivity contribution is 0.0511. The minimum atomic E-state index is 0.178. The molecule has 136 valence electrons. The van der Waals surface area contributed by atoms with Crippen LogP contribution in [0.25, 0.3) is 11.3 Å². The van der Waals surface area contributed by atoms with Gasteiger partial charge in [0.05, 0.1) is 11.3 Å². The molecule has 0 spiro atoms. The number of rotatable bonds is 4. The molecule has 4 nitrogen and oxygen atoms in total. The summed E-state index contributed by atoms with van der Waals surface area (Å²) >= 11 is 6.44. The monoisotopic (exact) mass is 371 g/mol. The molecule has 0 saturated heterocycles. The van der Waals surface area contributed by atoms with E-state index in [0.29, 0.717) is 10.8 Å². The summed E-state index contributed by atoms with van der Waals surface area (Å²) in [7, 11) is 3.76. The van der Waals surface area contributed by atoms with E-state index in [1.807, 2.05) is 12.1 Å². The minimum Gasteiger partial charge on any atom is -0.466 e. The number of hydrogen-bond acceptors (Lipinski definition) is 4. The fourth-order valence-electron chi connectivity index (χ4n) is 3.75. The summed E-state index contributed by atoms with van der Waals surface area (Å²) in [5, 5.41) is 0.626. The van der Waals surface area contributed by atoms with Gasteiger partial charge in [-0.25, -0.2) is 0 Å². The van der Waals surface area contributed by atoms with E-state index in [9.17, 15) is 0 Å². The molecule has 1 atom stereocenters. The van der Waals surface area contributed by atoms with Crippen LogP contribution in [0.15, 0.2) is 47.1 Å². The summed E-state index contributed by atoms with van der Waals surface area (Å²) < 4.78 is 16.6. The first kappa shape index (κ1) is 17.4. The van der Waals surface area contributed by atoms with E-state index in [4.69, 9.17) is 25.5 Å². The molecule has 1 aromatic rings. The van der Waals surface area contributed by atoms with Crippen molar-refractivity contribution in [1.29, 1.82) is 0 Å². The Kier molecular flexibility index (Phi) is 4.90. The quantitative estimate of drug-likeness (QED) is 0.626. The number of methoxy groups -OCH3 is 1. The molecular formula is C21H22ClNO3. The van der Waals surface area contributed by atoms with Gasteiger partial charge in [0.2, 0.25) is 0 Å². The third-order valence-corrected chi connectivity index (χ3v) is 5.34. The average Bonchev–Trinajstić information content (AvgIpc) is 3.01. The molecule has 0 N–H and O–H groups in total. The molecule has 2 aliphatic heterocycles. The zero-order chi connectivity index (χ0) is 18.1. The van der Waals surface area contributed by atoms with Crippen molar-refractivity contribution in [3.8, 4) is 17.1 Å². The van der Waals surface area contributed by atoms with Crippen LogP contribution in [0.1, 0.15) is 22.6 Å². The highest BCUT2D eigenvalue weighted by Crippen LogP contribution is 2.41. The molecule has 2 heterocycles. The number of fused-ring (bicyclic) bond motifs is 2. The van der Waals surface area contributed by atoms with Crippen LogP contribution in [-0.2, 0) is 11.2 Å². The van der Waals surface area contributed by atoms with Crippen molar-refractivity contribution in [2.24, 2.45) is 0 Å². The second kappa shape index (κ2) is 7.31. The van der Waals surface area contributed by atoms with Gasteiger partial charge in [-0.05, 0) is 48.9 Å². The highest BCUT2D eigenvalue weighted by atomic mass is 35.5. The molecule has 1 aromatic carbocycles. The first-order valence-electron chi connectivity index (χ1n) is 8.76. The first-order chi connectivity index (χ1) is 12.7. The Morgan fingerprint density at radius 1 is 1.23 bits per heavy atom. The van der Waals surface area contributed by atoms with Gasteiger partial charge in [0.15, 0.2) is 6.79 Å². The number of ether oxygens (including phenoxy) is 2. The highest BCUT2D eigenvalue weighted by molar-refractivity contribution is 6.32. The Bertz CT molecular complexity index is 876. The maximum atomic E-state index is 6.44. The molecule has 0 saturated carbocycles. The van der Waals surface area contributed by atoms with Crippen molar-refractivity contribution >= 4 is 11.6 Å². The normalized spacial score (nSPS) is 17.9. The Morgan fingerprint density at radius 3 is 2.96 bits per heavy atom. The van der Waals surface area contributed by atoms with E-state index in [2.05, 4.69) is 36.2 Å². The Morgan fingerprint density at radius 2 is 2.12 bits per heavy atom. The second-order valence-corrected chi connectivity index (χ2v) is 7.19. The molecule has 1 aliphatic carbocycles. The smallest absolute Gasteiger partial charge is 0.188 e. The predicted octanol–water partition coefficient (Wildman–Crippen LogP) is 4.64. The molecule has 0 bridgehead atoms. The van der Waals surface area contributed by atoms with Crippen LogP contribution in [-0.4, -0.2) is 38.9 Å². The fraction of sp³-hybridized carbons (Fsp3) is 0.333. The van der Waals surface area contributed by atoms with E-state index in [1.165, 1.54) is 16.7 Å². The molecule has 5 heteroatoms. The van der Waals surface area contributed by atoms with E-state index >= 15 is 0 Å². The molecule has 1 unspecified atom stereocenters. The van der Waals surface area contributed by atoms with Crippen molar-refractivity contribution in [3.63, 3.8) is 0 Å². The second-order valence-electron chi connectivity index (χ2n) is 6.78. The van der Waals surface area contributed by atoms with Crippen LogP contribution in [0.3, 0.4) is 0 Å². The third-order valence-electron chi connectivity index (χ3n) is 5.04. The number of nitrogens with zero attached hydrogens (tertiary/aromatic N) is 1. The van der Waals surface area contributed by atoms with Gasteiger partial charge in [-0.2, -0.15) is 0 Å². The molecule has 26 heavy (non-hydrogen) atoms. The molecule has 0 radical (unpaired) electrons. The van der Waals surface area contributed by atoms with Gasteiger partial charge in [-0.15, -0.1) is 0 Å². The van der Waals surface area contributed by atoms with Crippen molar-refractivity contribution in [3.05, 3.63) is 64.4 Å². The molecule has 3 aliphatic rings. The van der Waals surface area contributed by atoms with E-state index in [0.717, 1.165) is 30.8 Å². The molecule has 0 aromatic heterocycles. The van der Waals surface area contributed by atoms with Crippen molar-refractivity contribution in [1.82, 2.24) is 4.90 Å². The Labute approximate surface area is 158 Å². The zero-order valence-corrected chi connectivity index (χ0v) is 15.8. The number of halogens is 1. The largest absolute Gasteiger partial charge is 0.466 e. The molecular weight excluding hydrogens is 350 g/mol. The summed E-state index contributed by atoms with van der Waals surface area (Å²) in [6.45, 7) is 2.09. The summed E-state index contributed by atoms with van der Waals surface area (Å²) in [5.41, 5.74) is 4.84. The van der Waals surface area contributed by atoms with E-state index < -0.39 is 0 Å². The van der Waals surface area contributed by atoms with Crippen LogP contribution >= 0.6 is 11.6 Å². The van der Waals surface area contributed by atoms with Crippen LogP contribution < -0.4 is 4.74 Å². The van der Waals surface area contributed by atoms with Gasteiger partial charge in [0.25, 0.3) is 0 Å². The lowest BCUT2D eigenvalue weighted by atomic mass is 9.88. The van der Waals surface area contributed by atoms with E-state index in [-0.39, 0.29) is 12.7 Å². The van der Waals surface area contributed by atoms with Gasteiger partial charge in [-0.3, -0.25) is 0 Å². The number of benzene rings is 1. The van der Waals surface area contributed by atoms with Gasteiger partial charge in [0.1, 0.15) is 11.5 Å². The maximum Gasteiger partial charge on any atom is 0.188 e. The topological polar surface area (TPSA) is 34.8 Å². The van der Waals surface area contributed by atoms with Crippen molar-refractivity contribution < 1.29 is 13.9 Å². The van der Waals surface area contributed by atoms with Gasteiger partial charge in [0, 0.05) is 37.2 Å². The van der Waals surface area contributed by atoms with Gasteiger partial charge in [-0.1, -0.05) is 23.7 Å². The molecule has 0 fully saturated rings. The Hall–Kier alpha value is -2.01. The average molecular weight is 372 g/mol. The van der Waals surface area contributed by atoms with Crippen LogP contribution in [0.4, 0.5) is 0 Å². The standard InChI is InChI=1S/C21H22ClNO3/c1-23-8-7-15-10-19(22)20(26-13-24-2)11-17(15)18(12-23)16-6-5-14-4-3-9-25-21(14)16/h3-6,9-11,18H,7-8,12-13H2,1-2H3. The van der Waals surface area contributed by atoms with Gasteiger partial charge < -0.3 is 18.8 Å². The number of likely N-dealkylation sites (N-methyl/N-ethyl adjacent to an activating group) is 1.